The van der Waals surface area contributed by atoms with E-state index in [9.17, 15) is 4.79 Å². The second kappa shape index (κ2) is 4.42. The lowest BCUT2D eigenvalue weighted by Gasteiger charge is -2.18. The van der Waals surface area contributed by atoms with Crippen LogP contribution in [0.5, 0.6) is 11.5 Å². The Bertz CT molecular complexity index is 524. The van der Waals surface area contributed by atoms with Gasteiger partial charge in [-0.1, -0.05) is 0 Å². The van der Waals surface area contributed by atoms with Gasteiger partial charge < -0.3 is 20.5 Å². The van der Waals surface area contributed by atoms with E-state index >= 15 is 0 Å². The van der Waals surface area contributed by atoms with Gasteiger partial charge in [-0.2, -0.15) is 0 Å². The lowest BCUT2D eigenvalue weighted by molar-refractivity contribution is -0.123. The minimum atomic E-state index is -0.389. The standard InChI is InChI=1S/C14H18N2O3/c1-9-6-11-12(19-8-18-11)7-10(9)14(2-3-14)13(17)16-5-4-15/h6-7H,2-5,8,15H2,1H3,(H,16,17). The van der Waals surface area contributed by atoms with Crippen LogP contribution in [0, 0.1) is 6.92 Å². The van der Waals surface area contributed by atoms with Crippen LogP contribution in [0.4, 0.5) is 0 Å². The van der Waals surface area contributed by atoms with Crippen molar-refractivity contribution in [1.82, 2.24) is 5.32 Å². The van der Waals surface area contributed by atoms with Crippen LogP contribution in [0.1, 0.15) is 24.0 Å². The predicted molar refractivity (Wildman–Crippen MR) is 70.3 cm³/mol. The highest BCUT2D eigenvalue weighted by Crippen LogP contribution is 2.51. The first-order valence-corrected chi connectivity index (χ1v) is 6.56. The number of amides is 1. The number of nitrogens with one attached hydrogen (secondary N) is 1. The third kappa shape index (κ3) is 1.94. The number of hydrogen-bond acceptors (Lipinski definition) is 4. The molecule has 1 heterocycles. The minimum absolute atomic E-state index is 0.0694. The van der Waals surface area contributed by atoms with Gasteiger partial charge in [0, 0.05) is 13.1 Å². The maximum Gasteiger partial charge on any atom is 0.231 e. The topological polar surface area (TPSA) is 73.6 Å². The fourth-order valence-electron chi connectivity index (χ4n) is 2.66. The maximum atomic E-state index is 12.3. The molecule has 1 aliphatic heterocycles. The summed E-state index contributed by atoms with van der Waals surface area (Å²) in [4.78, 5) is 12.3. The molecule has 0 bridgehead atoms. The van der Waals surface area contributed by atoms with E-state index in [0.29, 0.717) is 13.1 Å². The summed E-state index contributed by atoms with van der Waals surface area (Å²) in [5.41, 5.74) is 7.16. The third-order valence-corrected chi connectivity index (χ3v) is 3.85. The van der Waals surface area contributed by atoms with Gasteiger partial charge >= 0.3 is 0 Å². The Morgan fingerprint density at radius 3 is 2.68 bits per heavy atom. The van der Waals surface area contributed by atoms with Crippen molar-refractivity contribution in [2.75, 3.05) is 19.9 Å². The molecule has 1 aromatic carbocycles. The molecule has 3 rings (SSSR count). The molecule has 0 aromatic heterocycles. The van der Waals surface area contributed by atoms with E-state index in [0.717, 1.165) is 35.5 Å². The van der Waals surface area contributed by atoms with Gasteiger partial charge in [0.15, 0.2) is 11.5 Å². The summed E-state index contributed by atoms with van der Waals surface area (Å²) in [5.74, 6) is 1.57. The molecule has 3 N–H and O–H groups in total. The zero-order valence-corrected chi connectivity index (χ0v) is 11.0. The number of aryl methyl sites for hydroxylation is 1. The Kier molecular flexibility index (Phi) is 2.86. The second-order valence-corrected chi connectivity index (χ2v) is 5.15. The van der Waals surface area contributed by atoms with Crippen molar-refractivity contribution in [2.24, 2.45) is 5.73 Å². The predicted octanol–water partition coefficient (Wildman–Crippen LogP) is 0.830. The number of ether oxygens (including phenoxy) is 2. The van der Waals surface area contributed by atoms with Crippen LogP contribution in [-0.4, -0.2) is 25.8 Å². The number of hydrogen-bond donors (Lipinski definition) is 2. The second-order valence-electron chi connectivity index (χ2n) is 5.15. The lowest BCUT2D eigenvalue weighted by Crippen LogP contribution is -2.37. The van der Waals surface area contributed by atoms with Crippen LogP contribution >= 0.6 is 0 Å². The summed E-state index contributed by atoms with van der Waals surface area (Å²) in [6.45, 7) is 3.24. The molecule has 0 atom stereocenters. The molecule has 19 heavy (non-hydrogen) atoms. The van der Waals surface area contributed by atoms with E-state index in [-0.39, 0.29) is 18.1 Å². The fourth-order valence-corrected chi connectivity index (χ4v) is 2.66. The van der Waals surface area contributed by atoms with Crippen molar-refractivity contribution in [3.05, 3.63) is 23.3 Å². The number of nitrogens with two attached hydrogens (primary N) is 1. The summed E-state index contributed by atoms with van der Waals surface area (Å²) >= 11 is 0. The van der Waals surface area contributed by atoms with Gasteiger partial charge in [-0.3, -0.25) is 4.79 Å². The molecule has 1 aromatic rings. The maximum absolute atomic E-state index is 12.3. The summed E-state index contributed by atoms with van der Waals surface area (Å²) in [7, 11) is 0. The Balaban J connectivity index is 1.91. The molecule has 0 spiro atoms. The Labute approximate surface area is 112 Å². The number of benzene rings is 1. The van der Waals surface area contributed by atoms with Gasteiger partial charge in [-0.05, 0) is 43.0 Å². The highest BCUT2D eigenvalue weighted by atomic mass is 16.7. The van der Waals surface area contributed by atoms with Crippen molar-refractivity contribution >= 4 is 5.91 Å². The Hall–Kier alpha value is -1.75. The van der Waals surface area contributed by atoms with Gasteiger partial charge in [0.05, 0.1) is 5.41 Å². The molecule has 1 aliphatic carbocycles. The van der Waals surface area contributed by atoms with E-state index < -0.39 is 0 Å². The zero-order chi connectivity index (χ0) is 13.5. The first kappa shape index (κ1) is 12.3. The SMILES string of the molecule is Cc1cc2c(cc1C1(C(=O)NCCN)CC1)OCO2. The number of carbonyl (C=O) groups excluding carboxylic acids is 1. The van der Waals surface area contributed by atoms with Gasteiger partial charge in [0.1, 0.15) is 0 Å². The van der Waals surface area contributed by atoms with Crippen molar-refractivity contribution in [3.8, 4) is 11.5 Å². The van der Waals surface area contributed by atoms with Crippen LogP contribution in [0.2, 0.25) is 0 Å². The third-order valence-electron chi connectivity index (χ3n) is 3.85. The number of rotatable bonds is 4. The molecule has 0 radical (unpaired) electrons. The van der Waals surface area contributed by atoms with E-state index in [1.165, 1.54) is 0 Å². The molecule has 0 saturated heterocycles. The van der Waals surface area contributed by atoms with Crippen LogP contribution in [0.3, 0.4) is 0 Å². The molecule has 1 saturated carbocycles. The average molecular weight is 262 g/mol. The first-order valence-electron chi connectivity index (χ1n) is 6.56. The summed E-state index contributed by atoms with van der Waals surface area (Å²) in [6.07, 6.45) is 1.76. The average Bonchev–Trinajstić information content (AvgIpc) is 3.09. The molecule has 2 aliphatic rings. The summed E-state index contributed by atoms with van der Waals surface area (Å²) in [6, 6.07) is 3.90. The molecule has 5 nitrogen and oxygen atoms in total. The molecule has 1 fully saturated rings. The first-order chi connectivity index (χ1) is 9.17. The minimum Gasteiger partial charge on any atom is -0.454 e. The molecule has 0 unspecified atom stereocenters. The van der Waals surface area contributed by atoms with Gasteiger partial charge in [0.25, 0.3) is 0 Å². The summed E-state index contributed by atoms with van der Waals surface area (Å²) < 4.78 is 10.8. The van der Waals surface area contributed by atoms with Crippen molar-refractivity contribution < 1.29 is 14.3 Å². The largest absolute Gasteiger partial charge is 0.454 e. The fraction of sp³-hybridized carbons (Fsp3) is 0.500. The van der Waals surface area contributed by atoms with Gasteiger partial charge in [-0.15, -0.1) is 0 Å². The zero-order valence-electron chi connectivity index (χ0n) is 11.0. The van der Waals surface area contributed by atoms with Gasteiger partial charge in [0.2, 0.25) is 12.7 Å². The van der Waals surface area contributed by atoms with E-state index in [1.54, 1.807) is 0 Å². The molecular weight excluding hydrogens is 244 g/mol. The van der Waals surface area contributed by atoms with Crippen molar-refractivity contribution in [3.63, 3.8) is 0 Å². The van der Waals surface area contributed by atoms with E-state index in [2.05, 4.69) is 5.32 Å². The monoisotopic (exact) mass is 262 g/mol. The molecule has 1 amide bonds. The van der Waals surface area contributed by atoms with E-state index in [1.807, 2.05) is 19.1 Å². The highest BCUT2D eigenvalue weighted by Gasteiger charge is 2.52. The molecular formula is C14H18N2O3. The van der Waals surface area contributed by atoms with Crippen molar-refractivity contribution in [1.29, 1.82) is 0 Å². The van der Waals surface area contributed by atoms with Crippen LogP contribution in [0.15, 0.2) is 12.1 Å². The molecule has 5 heteroatoms. The number of carbonyl (C=O) groups is 1. The number of fused-ring (bicyclic) bond motifs is 1. The van der Waals surface area contributed by atoms with Crippen LogP contribution in [-0.2, 0) is 10.2 Å². The Morgan fingerprint density at radius 2 is 2.05 bits per heavy atom. The Morgan fingerprint density at radius 1 is 1.37 bits per heavy atom. The quantitative estimate of drug-likeness (QED) is 0.843. The van der Waals surface area contributed by atoms with Gasteiger partial charge in [-0.25, -0.2) is 0 Å². The van der Waals surface area contributed by atoms with Crippen LogP contribution < -0.4 is 20.5 Å². The smallest absolute Gasteiger partial charge is 0.231 e. The molecule has 102 valence electrons. The van der Waals surface area contributed by atoms with Crippen molar-refractivity contribution in [2.45, 2.75) is 25.2 Å². The summed E-state index contributed by atoms with van der Waals surface area (Å²) in [5, 5.41) is 2.89. The van der Waals surface area contributed by atoms with Crippen LogP contribution in [0.25, 0.3) is 0 Å². The van der Waals surface area contributed by atoms with E-state index in [4.69, 9.17) is 15.2 Å². The highest BCUT2D eigenvalue weighted by molar-refractivity contribution is 5.92. The lowest BCUT2D eigenvalue weighted by atomic mass is 9.90. The normalized spacial score (nSPS) is 18.2.